The largest absolute Gasteiger partial charge is 0.347 e. The van der Waals surface area contributed by atoms with E-state index in [2.05, 4.69) is 15.5 Å². The highest BCUT2D eigenvalue weighted by atomic mass is 16.5. The molecule has 1 aliphatic rings. The molecule has 1 atom stereocenters. The van der Waals surface area contributed by atoms with Crippen molar-refractivity contribution in [1.82, 2.24) is 20.4 Å². The third-order valence-electron chi connectivity index (χ3n) is 4.97. The Kier molecular flexibility index (Phi) is 4.58. The Morgan fingerprint density at radius 1 is 1.21 bits per heavy atom. The number of hydrogen-bond donors (Lipinski definition) is 1. The van der Waals surface area contributed by atoms with Crippen LogP contribution >= 0.6 is 0 Å². The van der Waals surface area contributed by atoms with Crippen LogP contribution in [0.5, 0.6) is 0 Å². The van der Waals surface area contributed by atoms with E-state index in [-0.39, 0.29) is 11.8 Å². The molecule has 1 aliphatic carbocycles. The van der Waals surface area contributed by atoms with Crippen LogP contribution in [0.25, 0.3) is 11.1 Å². The maximum Gasteiger partial charge on any atom is 0.259 e. The van der Waals surface area contributed by atoms with Gasteiger partial charge in [0.25, 0.3) is 11.6 Å². The summed E-state index contributed by atoms with van der Waals surface area (Å²) in [5, 5.41) is 7.46. The number of hydrogen-bond acceptors (Lipinski definition) is 5. The first-order valence-corrected chi connectivity index (χ1v) is 9.29. The molecule has 0 radical (unpaired) electrons. The molecule has 1 fully saturated rings. The second kappa shape index (κ2) is 7.07. The van der Waals surface area contributed by atoms with E-state index >= 15 is 0 Å². The Balaban J connectivity index is 1.73. The first kappa shape index (κ1) is 18.2. The number of rotatable bonds is 5. The Morgan fingerprint density at radius 3 is 2.57 bits per heavy atom. The molecule has 3 aromatic rings. The number of aromatic nitrogens is 2. The molecule has 144 valence electrons. The Bertz CT molecular complexity index is 1040. The molecule has 28 heavy (non-hydrogen) atoms. The maximum absolute atomic E-state index is 13.2. The number of nitrogens with one attached hydrogen (secondary N) is 1. The first-order chi connectivity index (χ1) is 13.5. The van der Waals surface area contributed by atoms with Gasteiger partial charge in [0.15, 0.2) is 0 Å². The van der Waals surface area contributed by atoms with Crippen LogP contribution in [0.4, 0.5) is 0 Å². The van der Waals surface area contributed by atoms with Gasteiger partial charge in [-0.3, -0.25) is 9.59 Å². The van der Waals surface area contributed by atoms with Crippen LogP contribution in [-0.4, -0.2) is 41.0 Å². The molecule has 0 unspecified atom stereocenters. The predicted molar refractivity (Wildman–Crippen MR) is 104 cm³/mol. The monoisotopic (exact) mass is 378 g/mol. The van der Waals surface area contributed by atoms with E-state index in [0.29, 0.717) is 28.3 Å². The van der Waals surface area contributed by atoms with Gasteiger partial charge in [0, 0.05) is 25.7 Å². The van der Waals surface area contributed by atoms with Crippen LogP contribution < -0.4 is 5.32 Å². The lowest BCUT2D eigenvalue weighted by Gasteiger charge is -2.22. The summed E-state index contributed by atoms with van der Waals surface area (Å²) >= 11 is 0. The molecule has 0 bridgehead atoms. The van der Waals surface area contributed by atoms with Crippen molar-refractivity contribution in [2.24, 2.45) is 0 Å². The van der Waals surface area contributed by atoms with Crippen molar-refractivity contribution in [2.45, 2.75) is 31.7 Å². The lowest BCUT2D eigenvalue weighted by molar-refractivity contribution is -0.130. The van der Waals surface area contributed by atoms with Gasteiger partial charge in [0.05, 0.1) is 16.6 Å². The highest BCUT2D eigenvalue weighted by molar-refractivity contribution is 6.07. The molecule has 0 saturated heterocycles. The van der Waals surface area contributed by atoms with Crippen LogP contribution in [0.1, 0.15) is 52.1 Å². The van der Waals surface area contributed by atoms with E-state index in [9.17, 15) is 9.59 Å². The van der Waals surface area contributed by atoms with E-state index < -0.39 is 6.04 Å². The van der Waals surface area contributed by atoms with Gasteiger partial charge < -0.3 is 14.7 Å². The summed E-state index contributed by atoms with van der Waals surface area (Å²) in [6, 6.07) is 10.2. The van der Waals surface area contributed by atoms with Crippen LogP contribution in [0.15, 0.2) is 40.9 Å². The van der Waals surface area contributed by atoms with Crippen molar-refractivity contribution in [2.75, 3.05) is 14.1 Å². The number of amides is 2. The summed E-state index contributed by atoms with van der Waals surface area (Å²) in [5.41, 5.74) is 2.97. The van der Waals surface area contributed by atoms with Crippen molar-refractivity contribution in [3.63, 3.8) is 0 Å². The topological polar surface area (TPSA) is 88.3 Å². The SMILES string of the molecule is Cc1noc2nc(C3CC3)cc(C(=O)N[C@H](C(=O)N(C)C)c3ccccc3)c12. The lowest BCUT2D eigenvalue weighted by Crippen LogP contribution is -2.40. The second-order valence-corrected chi connectivity index (χ2v) is 7.37. The minimum atomic E-state index is -0.781. The van der Waals surface area contributed by atoms with E-state index in [1.54, 1.807) is 21.0 Å². The number of fused-ring (bicyclic) bond motifs is 1. The molecule has 1 aromatic carbocycles. The van der Waals surface area contributed by atoms with Crippen LogP contribution in [-0.2, 0) is 4.79 Å². The van der Waals surface area contributed by atoms with Gasteiger partial charge in [-0.25, -0.2) is 4.98 Å². The molecule has 0 aliphatic heterocycles. The lowest BCUT2D eigenvalue weighted by atomic mass is 10.0. The smallest absolute Gasteiger partial charge is 0.259 e. The molecule has 2 heterocycles. The first-order valence-electron chi connectivity index (χ1n) is 9.29. The third kappa shape index (κ3) is 3.35. The van der Waals surface area contributed by atoms with E-state index in [4.69, 9.17) is 4.52 Å². The quantitative estimate of drug-likeness (QED) is 0.737. The van der Waals surface area contributed by atoms with Crippen LogP contribution in [0.3, 0.4) is 0 Å². The minimum Gasteiger partial charge on any atom is -0.347 e. The number of carbonyl (C=O) groups excluding carboxylic acids is 2. The van der Waals surface area contributed by atoms with Crippen molar-refractivity contribution < 1.29 is 14.1 Å². The van der Waals surface area contributed by atoms with Gasteiger partial charge in [-0.15, -0.1) is 0 Å². The average Bonchev–Trinajstić information content (AvgIpc) is 3.49. The molecule has 4 rings (SSSR count). The minimum absolute atomic E-state index is 0.200. The Hall–Kier alpha value is -3.22. The molecule has 7 nitrogen and oxygen atoms in total. The molecular weight excluding hydrogens is 356 g/mol. The standard InChI is InChI=1S/C21H22N4O3/c1-12-17-15(11-16(13-9-10-13)22-20(17)28-24-12)19(26)23-18(21(27)25(2)3)14-7-5-4-6-8-14/h4-8,11,13,18H,9-10H2,1-3H3,(H,23,26)/t18-/m0/s1. The summed E-state index contributed by atoms with van der Waals surface area (Å²) in [4.78, 5) is 32.0. The molecule has 1 saturated carbocycles. The maximum atomic E-state index is 13.2. The molecule has 1 N–H and O–H groups in total. The summed E-state index contributed by atoms with van der Waals surface area (Å²) in [5.74, 6) is -0.186. The summed E-state index contributed by atoms with van der Waals surface area (Å²) in [6.07, 6.45) is 2.11. The zero-order valence-corrected chi connectivity index (χ0v) is 16.1. The van der Waals surface area contributed by atoms with E-state index in [1.165, 1.54) is 4.90 Å². The van der Waals surface area contributed by atoms with Gasteiger partial charge in [-0.1, -0.05) is 35.5 Å². The highest BCUT2D eigenvalue weighted by Crippen LogP contribution is 2.40. The molecule has 2 aromatic heterocycles. The zero-order chi connectivity index (χ0) is 19.8. The third-order valence-corrected chi connectivity index (χ3v) is 4.97. The summed E-state index contributed by atoms with van der Waals surface area (Å²) in [6.45, 7) is 1.78. The van der Waals surface area contributed by atoms with Crippen LogP contribution in [0.2, 0.25) is 0 Å². The number of pyridine rings is 1. The number of likely N-dealkylation sites (N-methyl/N-ethyl adjacent to an activating group) is 1. The second-order valence-electron chi connectivity index (χ2n) is 7.37. The predicted octanol–water partition coefficient (Wildman–Crippen LogP) is 2.97. The Labute approximate surface area is 162 Å². The highest BCUT2D eigenvalue weighted by Gasteiger charge is 2.30. The van der Waals surface area contributed by atoms with Gasteiger partial charge >= 0.3 is 0 Å². The van der Waals surface area contributed by atoms with E-state index in [0.717, 1.165) is 24.1 Å². The fourth-order valence-electron chi connectivity index (χ4n) is 3.28. The number of benzene rings is 1. The van der Waals surface area contributed by atoms with Gasteiger partial charge in [-0.2, -0.15) is 0 Å². The molecule has 2 amide bonds. The fraction of sp³-hybridized carbons (Fsp3) is 0.333. The zero-order valence-electron chi connectivity index (χ0n) is 16.1. The van der Waals surface area contributed by atoms with Crippen molar-refractivity contribution in [3.8, 4) is 0 Å². The van der Waals surface area contributed by atoms with Crippen LogP contribution in [0, 0.1) is 6.92 Å². The normalized spacial score (nSPS) is 14.7. The van der Waals surface area contributed by atoms with E-state index in [1.807, 2.05) is 36.4 Å². The molecule has 0 spiro atoms. The van der Waals surface area contributed by atoms with Crippen molar-refractivity contribution >= 4 is 22.9 Å². The van der Waals surface area contributed by atoms with Gasteiger partial charge in [0.1, 0.15) is 6.04 Å². The van der Waals surface area contributed by atoms with Gasteiger partial charge in [0.2, 0.25) is 5.91 Å². The number of aryl methyl sites for hydroxylation is 1. The number of nitrogens with zero attached hydrogens (tertiary/aromatic N) is 3. The van der Waals surface area contributed by atoms with Gasteiger partial charge in [-0.05, 0) is 31.4 Å². The average molecular weight is 378 g/mol. The van der Waals surface area contributed by atoms with Crippen molar-refractivity contribution in [3.05, 3.63) is 58.9 Å². The fourth-order valence-corrected chi connectivity index (χ4v) is 3.28. The Morgan fingerprint density at radius 2 is 1.93 bits per heavy atom. The number of carbonyl (C=O) groups is 2. The molecular formula is C21H22N4O3. The molecule has 7 heteroatoms. The summed E-state index contributed by atoms with van der Waals surface area (Å²) < 4.78 is 5.32. The summed E-state index contributed by atoms with van der Waals surface area (Å²) in [7, 11) is 3.34. The van der Waals surface area contributed by atoms with Crippen molar-refractivity contribution in [1.29, 1.82) is 0 Å².